The van der Waals surface area contributed by atoms with E-state index in [-0.39, 0.29) is 11.7 Å². The average Bonchev–Trinajstić information content (AvgIpc) is 2.48. The molecule has 0 aliphatic heterocycles. The van der Waals surface area contributed by atoms with Crippen LogP contribution in [0.3, 0.4) is 0 Å². The Morgan fingerprint density at radius 2 is 2.00 bits per heavy atom. The van der Waals surface area contributed by atoms with Crippen LogP contribution < -0.4 is 11.1 Å². The van der Waals surface area contributed by atoms with Crippen LogP contribution in [0, 0.1) is 5.82 Å². The topological polar surface area (TPSA) is 68.0 Å². The van der Waals surface area contributed by atoms with Gasteiger partial charge in [-0.05, 0) is 35.7 Å². The highest BCUT2D eigenvalue weighted by Gasteiger charge is 2.13. The number of nitrogens with zero attached hydrogens (tertiary/aromatic N) is 1. The van der Waals surface area contributed by atoms with Gasteiger partial charge >= 0.3 is 0 Å². The van der Waals surface area contributed by atoms with Crippen LogP contribution in [0.15, 0.2) is 48.8 Å². The molecule has 20 heavy (non-hydrogen) atoms. The Morgan fingerprint density at radius 1 is 1.25 bits per heavy atom. The highest BCUT2D eigenvalue weighted by molar-refractivity contribution is 5.81. The van der Waals surface area contributed by atoms with Crippen LogP contribution in [0.25, 0.3) is 0 Å². The second-order valence-electron chi connectivity index (χ2n) is 4.52. The number of hydrogen-bond donors (Lipinski definition) is 2. The van der Waals surface area contributed by atoms with Crippen molar-refractivity contribution in [3.63, 3.8) is 0 Å². The number of halogens is 1. The summed E-state index contributed by atoms with van der Waals surface area (Å²) in [7, 11) is 0. The number of carbonyl (C=O) groups excluding carboxylic acids is 1. The number of nitrogens with two attached hydrogens (primary N) is 1. The zero-order valence-corrected chi connectivity index (χ0v) is 10.9. The fourth-order valence-electron chi connectivity index (χ4n) is 1.79. The molecule has 1 atom stereocenters. The molecule has 1 unspecified atom stereocenters. The lowest BCUT2D eigenvalue weighted by Crippen LogP contribution is -2.41. The van der Waals surface area contributed by atoms with Gasteiger partial charge in [-0.3, -0.25) is 9.78 Å². The Bertz CT molecular complexity index is 557. The standard InChI is InChI=1S/C15H16FN3O/c16-13-5-3-11(4-6-13)8-14(17)15(20)19-10-12-2-1-7-18-9-12/h1-7,9,14H,8,10,17H2,(H,19,20). The molecule has 2 aromatic rings. The predicted octanol–water partition coefficient (Wildman–Crippen LogP) is 1.41. The van der Waals surface area contributed by atoms with Crippen LogP contribution in [0.2, 0.25) is 0 Å². The molecule has 0 spiro atoms. The van der Waals surface area contributed by atoms with E-state index in [4.69, 9.17) is 5.73 Å². The molecule has 104 valence electrons. The maximum absolute atomic E-state index is 12.8. The third-order valence-electron chi connectivity index (χ3n) is 2.90. The molecule has 0 aliphatic carbocycles. The quantitative estimate of drug-likeness (QED) is 0.865. The molecule has 1 aromatic heterocycles. The highest BCUT2D eigenvalue weighted by atomic mass is 19.1. The fraction of sp³-hybridized carbons (Fsp3) is 0.200. The SMILES string of the molecule is NC(Cc1ccc(F)cc1)C(=O)NCc1cccnc1. The maximum atomic E-state index is 12.8. The minimum atomic E-state index is -0.655. The normalized spacial score (nSPS) is 11.9. The lowest BCUT2D eigenvalue weighted by atomic mass is 10.1. The third-order valence-corrected chi connectivity index (χ3v) is 2.90. The van der Waals surface area contributed by atoms with E-state index in [1.54, 1.807) is 30.6 Å². The monoisotopic (exact) mass is 273 g/mol. The Morgan fingerprint density at radius 3 is 2.65 bits per heavy atom. The molecular formula is C15H16FN3O. The predicted molar refractivity (Wildman–Crippen MR) is 74.2 cm³/mol. The van der Waals surface area contributed by atoms with Crippen LogP contribution in [-0.4, -0.2) is 16.9 Å². The number of pyridine rings is 1. The van der Waals surface area contributed by atoms with E-state index in [0.29, 0.717) is 13.0 Å². The van der Waals surface area contributed by atoms with Gasteiger partial charge in [0.25, 0.3) is 0 Å². The van der Waals surface area contributed by atoms with Gasteiger partial charge in [0.1, 0.15) is 5.82 Å². The fourth-order valence-corrected chi connectivity index (χ4v) is 1.79. The lowest BCUT2D eigenvalue weighted by Gasteiger charge is -2.12. The van der Waals surface area contributed by atoms with Crippen LogP contribution >= 0.6 is 0 Å². The van der Waals surface area contributed by atoms with Crippen molar-refractivity contribution in [2.45, 2.75) is 19.0 Å². The van der Waals surface area contributed by atoms with Crippen molar-refractivity contribution in [3.8, 4) is 0 Å². The van der Waals surface area contributed by atoms with E-state index in [1.165, 1.54) is 12.1 Å². The van der Waals surface area contributed by atoms with Gasteiger partial charge in [0.15, 0.2) is 0 Å². The van der Waals surface area contributed by atoms with Gasteiger partial charge in [0, 0.05) is 18.9 Å². The van der Waals surface area contributed by atoms with E-state index in [9.17, 15) is 9.18 Å². The van der Waals surface area contributed by atoms with Gasteiger partial charge in [0.05, 0.1) is 6.04 Å². The molecule has 0 bridgehead atoms. The smallest absolute Gasteiger partial charge is 0.237 e. The molecule has 0 aliphatic rings. The van der Waals surface area contributed by atoms with Crippen LogP contribution in [0.5, 0.6) is 0 Å². The summed E-state index contributed by atoms with van der Waals surface area (Å²) in [5.41, 5.74) is 7.57. The first-order chi connectivity index (χ1) is 9.65. The van der Waals surface area contributed by atoms with E-state index in [1.807, 2.05) is 6.07 Å². The van der Waals surface area contributed by atoms with Crippen molar-refractivity contribution >= 4 is 5.91 Å². The minimum absolute atomic E-state index is 0.238. The number of rotatable bonds is 5. The molecule has 0 radical (unpaired) electrons. The summed E-state index contributed by atoms with van der Waals surface area (Å²) >= 11 is 0. The Hall–Kier alpha value is -2.27. The molecule has 0 fully saturated rings. The van der Waals surface area contributed by atoms with E-state index < -0.39 is 6.04 Å². The minimum Gasteiger partial charge on any atom is -0.351 e. The van der Waals surface area contributed by atoms with Gasteiger partial charge in [-0.15, -0.1) is 0 Å². The molecule has 3 N–H and O–H groups in total. The first-order valence-electron chi connectivity index (χ1n) is 6.32. The molecule has 1 heterocycles. The first kappa shape index (κ1) is 14.1. The first-order valence-corrected chi connectivity index (χ1v) is 6.32. The number of benzene rings is 1. The summed E-state index contributed by atoms with van der Waals surface area (Å²) in [5.74, 6) is -0.540. The second-order valence-corrected chi connectivity index (χ2v) is 4.52. The van der Waals surface area contributed by atoms with Crippen molar-refractivity contribution in [1.82, 2.24) is 10.3 Å². The highest BCUT2D eigenvalue weighted by Crippen LogP contribution is 2.05. The summed E-state index contributed by atoms with van der Waals surface area (Å²) in [5, 5.41) is 2.75. The molecule has 0 saturated carbocycles. The number of amides is 1. The summed E-state index contributed by atoms with van der Waals surface area (Å²) in [4.78, 5) is 15.8. The molecule has 0 saturated heterocycles. The van der Waals surface area contributed by atoms with Gasteiger partial charge in [0.2, 0.25) is 5.91 Å². The van der Waals surface area contributed by atoms with Crippen molar-refractivity contribution in [2.24, 2.45) is 5.73 Å². The largest absolute Gasteiger partial charge is 0.351 e. The molecule has 1 amide bonds. The zero-order valence-electron chi connectivity index (χ0n) is 10.9. The van der Waals surface area contributed by atoms with Crippen molar-refractivity contribution in [1.29, 1.82) is 0 Å². The molecule has 1 aromatic carbocycles. The van der Waals surface area contributed by atoms with Gasteiger partial charge in [-0.25, -0.2) is 4.39 Å². The third kappa shape index (κ3) is 4.13. The number of aromatic nitrogens is 1. The van der Waals surface area contributed by atoms with E-state index >= 15 is 0 Å². The number of hydrogen-bond acceptors (Lipinski definition) is 3. The summed E-state index contributed by atoms with van der Waals surface area (Å²) in [6, 6.07) is 8.99. The summed E-state index contributed by atoms with van der Waals surface area (Å²) in [6.45, 7) is 0.393. The van der Waals surface area contributed by atoms with Crippen LogP contribution in [0.1, 0.15) is 11.1 Å². The second kappa shape index (κ2) is 6.77. The molecule has 2 rings (SSSR count). The van der Waals surface area contributed by atoms with Crippen molar-refractivity contribution < 1.29 is 9.18 Å². The van der Waals surface area contributed by atoms with E-state index in [0.717, 1.165) is 11.1 Å². The Balaban J connectivity index is 1.84. The summed E-state index contributed by atoms with van der Waals surface area (Å²) in [6.07, 6.45) is 3.73. The molecule has 5 heteroatoms. The number of nitrogens with one attached hydrogen (secondary N) is 1. The van der Waals surface area contributed by atoms with Crippen LogP contribution in [-0.2, 0) is 17.8 Å². The molecule has 4 nitrogen and oxygen atoms in total. The van der Waals surface area contributed by atoms with Crippen LogP contribution in [0.4, 0.5) is 4.39 Å². The van der Waals surface area contributed by atoms with Gasteiger partial charge in [-0.2, -0.15) is 0 Å². The Kier molecular flexibility index (Phi) is 4.79. The number of carbonyl (C=O) groups is 1. The van der Waals surface area contributed by atoms with E-state index in [2.05, 4.69) is 10.3 Å². The lowest BCUT2D eigenvalue weighted by molar-refractivity contribution is -0.122. The summed E-state index contributed by atoms with van der Waals surface area (Å²) < 4.78 is 12.8. The Labute approximate surface area is 116 Å². The van der Waals surface area contributed by atoms with Gasteiger partial charge < -0.3 is 11.1 Å². The van der Waals surface area contributed by atoms with Gasteiger partial charge in [-0.1, -0.05) is 18.2 Å². The van der Waals surface area contributed by atoms with Crippen molar-refractivity contribution in [3.05, 3.63) is 65.7 Å². The zero-order chi connectivity index (χ0) is 14.4. The average molecular weight is 273 g/mol. The maximum Gasteiger partial charge on any atom is 0.237 e. The molecular weight excluding hydrogens is 257 g/mol. The van der Waals surface area contributed by atoms with Crippen molar-refractivity contribution in [2.75, 3.05) is 0 Å².